The van der Waals surface area contributed by atoms with Gasteiger partial charge < -0.3 is 42.6 Å². The van der Waals surface area contributed by atoms with Gasteiger partial charge in [-0.3, -0.25) is 19.2 Å². The number of fused-ring (bicyclic) bond motifs is 1. The SMILES string of the molecule is NC(=O)CC(NC(=O)C(N)Cc1c[nH]c2ccccc12)C(=O)NC(CO)C(=O)NC(CS)C(=O)O. The normalized spacial score (nSPS) is 14.4. The molecule has 1 aromatic heterocycles. The van der Waals surface area contributed by atoms with E-state index in [4.69, 9.17) is 16.6 Å². The number of carbonyl (C=O) groups excluding carboxylic acids is 4. The van der Waals surface area contributed by atoms with Crippen molar-refractivity contribution in [1.82, 2.24) is 20.9 Å². The summed E-state index contributed by atoms with van der Waals surface area (Å²) < 4.78 is 0. The van der Waals surface area contributed by atoms with Crippen molar-refractivity contribution < 1.29 is 34.2 Å². The van der Waals surface area contributed by atoms with E-state index in [0.717, 1.165) is 16.5 Å². The van der Waals surface area contributed by atoms with Crippen LogP contribution in [0, 0.1) is 0 Å². The number of thiol groups is 1. The molecule has 0 fully saturated rings. The van der Waals surface area contributed by atoms with E-state index in [1.165, 1.54) is 0 Å². The summed E-state index contributed by atoms with van der Waals surface area (Å²) in [6.07, 6.45) is 1.24. The number of nitrogens with two attached hydrogens (primary N) is 2. The molecule has 13 nitrogen and oxygen atoms in total. The van der Waals surface area contributed by atoms with E-state index < -0.39 is 66.8 Å². The molecule has 0 aliphatic rings. The number of carbonyl (C=O) groups is 5. The van der Waals surface area contributed by atoms with Crippen LogP contribution < -0.4 is 27.4 Å². The average Bonchev–Trinajstić information content (AvgIpc) is 3.22. The molecule has 0 saturated heterocycles. The molecule has 0 aliphatic carbocycles. The molecule has 4 amide bonds. The highest BCUT2D eigenvalue weighted by Crippen LogP contribution is 2.18. The Morgan fingerprint density at radius 2 is 1.57 bits per heavy atom. The van der Waals surface area contributed by atoms with Crippen molar-refractivity contribution in [2.45, 2.75) is 37.0 Å². The van der Waals surface area contributed by atoms with Crippen LogP contribution in [0.3, 0.4) is 0 Å². The third-order valence-corrected chi connectivity index (χ3v) is 5.47. The highest BCUT2D eigenvalue weighted by Gasteiger charge is 2.30. The summed E-state index contributed by atoms with van der Waals surface area (Å²) in [5, 5.41) is 26.0. The first-order valence-electron chi connectivity index (χ1n) is 10.5. The first kappa shape index (κ1) is 27.6. The number of hydrogen-bond donors (Lipinski definition) is 9. The molecule has 2 rings (SSSR count). The number of nitrogens with one attached hydrogen (secondary N) is 4. The maximum Gasteiger partial charge on any atom is 0.327 e. The Morgan fingerprint density at radius 1 is 0.971 bits per heavy atom. The van der Waals surface area contributed by atoms with Crippen LogP contribution >= 0.6 is 12.6 Å². The number of H-pyrrole nitrogens is 1. The van der Waals surface area contributed by atoms with Gasteiger partial charge in [0.2, 0.25) is 23.6 Å². The number of benzene rings is 1. The van der Waals surface area contributed by atoms with E-state index >= 15 is 0 Å². The zero-order chi connectivity index (χ0) is 26.1. The lowest BCUT2D eigenvalue weighted by Crippen LogP contribution is -2.59. The molecule has 4 atom stereocenters. The van der Waals surface area contributed by atoms with E-state index in [-0.39, 0.29) is 12.2 Å². The third-order valence-electron chi connectivity index (χ3n) is 5.10. The van der Waals surface area contributed by atoms with Gasteiger partial charge in [-0.05, 0) is 18.1 Å². The third kappa shape index (κ3) is 7.70. The molecule has 190 valence electrons. The Hall–Kier alpha value is -3.62. The summed E-state index contributed by atoms with van der Waals surface area (Å²) in [5.41, 5.74) is 12.8. The largest absolute Gasteiger partial charge is 0.480 e. The van der Waals surface area contributed by atoms with Crippen molar-refractivity contribution in [3.63, 3.8) is 0 Å². The fourth-order valence-electron chi connectivity index (χ4n) is 3.24. The van der Waals surface area contributed by atoms with Crippen molar-refractivity contribution in [3.8, 4) is 0 Å². The molecule has 1 heterocycles. The summed E-state index contributed by atoms with van der Waals surface area (Å²) in [4.78, 5) is 63.2. The van der Waals surface area contributed by atoms with E-state index in [9.17, 15) is 29.1 Å². The molecule has 0 aliphatic heterocycles. The van der Waals surface area contributed by atoms with E-state index in [2.05, 4.69) is 33.6 Å². The molecular formula is C21H28N6O7S. The molecule has 4 unspecified atom stereocenters. The van der Waals surface area contributed by atoms with Crippen LogP contribution in [0.25, 0.3) is 10.9 Å². The van der Waals surface area contributed by atoms with Gasteiger partial charge in [0.15, 0.2) is 0 Å². The lowest BCUT2D eigenvalue weighted by molar-refractivity contribution is -0.142. The number of aliphatic hydroxyl groups excluding tert-OH is 1. The zero-order valence-electron chi connectivity index (χ0n) is 18.6. The van der Waals surface area contributed by atoms with Crippen LogP contribution in [0.2, 0.25) is 0 Å². The fourth-order valence-corrected chi connectivity index (χ4v) is 3.49. The lowest BCUT2D eigenvalue weighted by atomic mass is 10.0. The lowest BCUT2D eigenvalue weighted by Gasteiger charge is -2.23. The Morgan fingerprint density at radius 3 is 2.17 bits per heavy atom. The number of aliphatic carboxylic acids is 1. The quantitative estimate of drug-likeness (QED) is 0.130. The van der Waals surface area contributed by atoms with Crippen molar-refractivity contribution in [2.24, 2.45) is 11.5 Å². The highest BCUT2D eigenvalue weighted by atomic mass is 32.1. The highest BCUT2D eigenvalue weighted by molar-refractivity contribution is 7.80. The van der Waals surface area contributed by atoms with Crippen LogP contribution in [0.4, 0.5) is 0 Å². The average molecular weight is 509 g/mol. The second-order valence-electron chi connectivity index (χ2n) is 7.73. The molecule has 2 aromatic rings. The first-order valence-corrected chi connectivity index (χ1v) is 11.1. The van der Waals surface area contributed by atoms with E-state index in [1.54, 1.807) is 6.20 Å². The minimum absolute atomic E-state index is 0.128. The number of aromatic nitrogens is 1. The Kier molecular flexibility index (Phi) is 10.1. The first-order chi connectivity index (χ1) is 16.6. The summed E-state index contributed by atoms with van der Waals surface area (Å²) in [6.45, 7) is -0.881. The van der Waals surface area contributed by atoms with Gasteiger partial charge in [-0.2, -0.15) is 12.6 Å². The van der Waals surface area contributed by atoms with Crippen LogP contribution in [0.15, 0.2) is 30.5 Å². The van der Waals surface area contributed by atoms with Crippen LogP contribution in [0.5, 0.6) is 0 Å². The molecular weight excluding hydrogens is 480 g/mol. The predicted molar refractivity (Wildman–Crippen MR) is 128 cm³/mol. The number of primary amides is 1. The van der Waals surface area contributed by atoms with Gasteiger partial charge >= 0.3 is 5.97 Å². The predicted octanol–water partition coefficient (Wildman–Crippen LogP) is -2.63. The van der Waals surface area contributed by atoms with Crippen molar-refractivity contribution in [2.75, 3.05) is 12.4 Å². The maximum absolute atomic E-state index is 12.7. The number of aromatic amines is 1. The van der Waals surface area contributed by atoms with Gasteiger partial charge in [0, 0.05) is 22.9 Å². The van der Waals surface area contributed by atoms with Crippen LogP contribution in [-0.4, -0.2) is 81.3 Å². The minimum Gasteiger partial charge on any atom is -0.480 e. The number of hydrogen-bond acceptors (Lipinski definition) is 8. The minimum atomic E-state index is -1.56. The zero-order valence-corrected chi connectivity index (χ0v) is 19.5. The molecule has 10 N–H and O–H groups in total. The monoisotopic (exact) mass is 508 g/mol. The molecule has 0 spiro atoms. The van der Waals surface area contributed by atoms with E-state index in [0.29, 0.717) is 0 Å². The van der Waals surface area contributed by atoms with Crippen LogP contribution in [-0.2, 0) is 30.4 Å². The van der Waals surface area contributed by atoms with Crippen LogP contribution in [0.1, 0.15) is 12.0 Å². The van der Waals surface area contributed by atoms with Gasteiger partial charge in [-0.25, -0.2) is 4.79 Å². The fraction of sp³-hybridized carbons (Fsp3) is 0.381. The molecule has 35 heavy (non-hydrogen) atoms. The Bertz CT molecular complexity index is 1090. The Balaban J connectivity index is 2.06. The smallest absolute Gasteiger partial charge is 0.327 e. The van der Waals surface area contributed by atoms with E-state index in [1.807, 2.05) is 24.3 Å². The Labute approximate surface area is 205 Å². The number of amides is 4. The van der Waals surface area contributed by atoms with Gasteiger partial charge in [0.25, 0.3) is 0 Å². The summed E-state index contributed by atoms with van der Waals surface area (Å²) >= 11 is 3.82. The molecule has 1 aromatic carbocycles. The topological polar surface area (TPSA) is 230 Å². The van der Waals surface area contributed by atoms with Gasteiger partial charge in [-0.1, -0.05) is 18.2 Å². The summed E-state index contributed by atoms with van der Waals surface area (Å²) in [5.74, 6) is -5.25. The van der Waals surface area contributed by atoms with Crippen molar-refractivity contribution in [1.29, 1.82) is 0 Å². The van der Waals surface area contributed by atoms with Gasteiger partial charge in [0.1, 0.15) is 18.1 Å². The van der Waals surface area contributed by atoms with Crippen molar-refractivity contribution >= 4 is 53.1 Å². The molecule has 0 radical (unpaired) electrons. The molecule has 0 bridgehead atoms. The maximum atomic E-state index is 12.7. The number of para-hydroxylation sites is 1. The number of aliphatic hydroxyl groups is 1. The second-order valence-corrected chi connectivity index (χ2v) is 8.09. The summed E-state index contributed by atoms with van der Waals surface area (Å²) in [7, 11) is 0. The van der Waals surface area contributed by atoms with Crippen molar-refractivity contribution in [3.05, 3.63) is 36.0 Å². The second kappa shape index (κ2) is 12.7. The van der Waals surface area contributed by atoms with Gasteiger partial charge in [-0.15, -0.1) is 0 Å². The summed E-state index contributed by atoms with van der Waals surface area (Å²) in [6, 6.07) is 1.91. The molecule has 14 heteroatoms. The standard InChI is InChI=1S/C21H28N6O7S/c22-12(5-10-7-24-13-4-2-1-3-11(10)13)18(30)25-14(6-17(23)29)19(31)26-15(8-28)20(32)27-16(9-35)21(33)34/h1-4,7,12,14-16,24,28,35H,5-6,8-9,22H2,(H2,23,29)(H,25,30)(H,26,31)(H,27,32)(H,33,34). The number of carboxylic acid groups (broad SMARTS) is 1. The number of carboxylic acids is 1. The molecule has 0 saturated carbocycles. The number of rotatable bonds is 13. The van der Waals surface area contributed by atoms with Gasteiger partial charge in [0.05, 0.1) is 19.1 Å².